The van der Waals surface area contributed by atoms with Crippen LogP contribution in [-0.4, -0.2) is 0 Å². The van der Waals surface area contributed by atoms with Gasteiger partial charge in [-0.15, -0.1) is 0 Å². The molecule has 0 aromatic heterocycles. The standard InChI is InChI=1S/C14H13NO/c15-8-10-4-3-6-11-12-5-1-2-7-14(12)16-9-13(10)11/h3-4,6H,1-2,5,7,9H2. The molecule has 1 aliphatic carbocycles. The van der Waals surface area contributed by atoms with Gasteiger partial charge in [-0.2, -0.15) is 5.26 Å². The molecule has 0 unspecified atom stereocenters. The minimum absolute atomic E-state index is 0.567. The molecule has 3 rings (SSSR count). The maximum atomic E-state index is 9.07. The molecule has 80 valence electrons. The van der Waals surface area contributed by atoms with Gasteiger partial charge in [0.25, 0.3) is 0 Å². The van der Waals surface area contributed by atoms with Crippen molar-refractivity contribution < 1.29 is 4.74 Å². The number of nitrogens with zero attached hydrogens (tertiary/aromatic N) is 1. The molecule has 0 amide bonds. The molecule has 0 atom stereocenters. The molecule has 1 aliphatic heterocycles. The van der Waals surface area contributed by atoms with E-state index in [9.17, 15) is 0 Å². The van der Waals surface area contributed by atoms with Crippen LogP contribution in [0.2, 0.25) is 0 Å². The van der Waals surface area contributed by atoms with E-state index >= 15 is 0 Å². The summed E-state index contributed by atoms with van der Waals surface area (Å²) in [6, 6.07) is 8.22. The molecule has 16 heavy (non-hydrogen) atoms. The lowest BCUT2D eigenvalue weighted by atomic mass is 9.86. The van der Waals surface area contributed by atoms with E-state index in [4.69, 9.17) is 10.00 Å². The Morgan fingerprint density at radius 1 is 1.19 bits per heavy atom. The number of fused-ring (bicyclic) bond motifs is 2. The fourth-order valence-corrected chi connectivity index (χ4v) is 2.61. The molecule has 0 fully saturated rings. The summed E-state index contributed by atoms with van der Waals surface area (Å²) in [7, 11) is 0. The second kappa shape index (κ2) is 3.68. The Morgan fingerprint density at radius 3 is 2.94 bits per heavy atom. The van der Waals surface area contributed by atoms with Gasteiger partial charge in [0.05, 0.1) is 11.6 Å². The van der Waals surface area contributed by atoms with Gasteiger partial charge in [0, 0.05) is 12.0 Å². The summed E-state index contributed by atoms with van der Waals surface area (Å²) < 4.78 is 5.78. The van der Waals surface area contributed by atoms with Crippen molar-refractivity contribution in [3.05, 3.63) is 40.6 Å². The first-order chi connectivity index (χ1) is 7.90. The van der Waals surface area contributed by atoms with Crippen LogP contribution in [0.25, 0.3) is 5.57 Å². The Labute approximate surface area is 95.2 Å². The molecule has 2 nitrogen and oxygen atoms in total. The fourth-order valence-electron chi connectivity index (χ4n) is 2.61. The highest BCUT2D eigenvalue weighted by Crippen LogP contribution is 2.39. The van der Waals surface area contributed by atoms with E-state index in [1.165, 1.54) is 24.0 Å². The van der Waals surface area contributed by atoms with Gasteiger partial charge in [0.15, 0.2) is 0 Å². The van der Waals surface area contributed by atoms with E-state index in [-0.39, 0.29) is 0 Å². The molecular weight excluding hydrogens is 198 g/mol. The van der Waals surface area contributed by atoms with E-state index in [1.54, 1.807) is 0 Å². The molecule has 0 N–H and O–H groups in total. The Kier molecular flexibility index (Phi) is 2.18. The first-order valence-electron chi connectivity index (χ1n) is 5.77. The summed E-state index contributed by atoms with van der Waals surface area (Å²) in [6.45, 7) is 0.567. The van der Waals surface area contributed by atoms with Gasteiger partial charge in [0.1, 0.15) is 12.4 Å². The van der Waals surface area contributed by atoms with Crippen molar-refractivity contribution >= 4 is 5.57 Å². The average molecular weight is 211 g/mol. The quantitative estimate of drug-likeness (QED) is 0.659. The van der Waals surface area contributed by atoms with Crippen molar-refractivity contribution in [1.82, 2.24) is 0 Å². The largest absolute Gasteiger partial charge is 0.493 e. The molecule has 1 aromatic rings. The summed E-state index contributed by atoms with van der Waals surface area (Å²) in [6.07, 6.45) is 4.62. The zero-order valence-corrected chi connectivity index (χ0v) is 9.12. The maximum Gasteiger partial charge on any atom is 0.115 e. The number of benzene rings is 1. The lowest BCUT2D eigenvalue weighted by molar-refractivity contribution is 0.179. The normalized spacial score (nSPS) is 18.2. The van der Waals surface area contributed by atoms with E-state index in [2.05, 4.69) is 12.1 Å². The maximum absolute atomic E-state index is 9.07. The topological polar surface area (TPSA) is 33.0 Å². The van der Waals surface area contributed by atoms with E-state index in [1.807, 2.05) is 12.1 Å². The highest BCUT2D eigenvalue weighted by molar-refractivity contribution is 5.73. The average Bonchev–Trinajstić information content (AvgIpc) is 2.37. The van der Waals surface area contributed by atoms with Crippen LogP contribution in [-0.2, 0) is 11.3 Å². The number of rotatable bonds is 0. The van der Waals surface area contributed by atoms with E-state index in [0.717, 1.165) is 29.7 Å². The van der Waals surface area contributed by atoms with E-state index < -0.39 is 0 Å². The van der Waals surface area contributed by atoms with Gasteiger partial charge < -0.3 is 4.74 Å². The molecule has 0 radical (unpaired) electrons. The van der Waals surface area contributed by atoms with Crippen LogP contribution in [0.1, 0.15) is 42.4 Å². The predicted molar refractivity (Wildman–Crippen MR) is 61.3 cm³/mol. The van der Waals surface area contributed by atoms with Crippen LogP contribution in [0.4, 0.5) is 0 Å². The smallest absolute Gasteiger partial charge is 0.115 e. The summed E-state index contributed by atoms with van der Waals surface area (Å²) >= 11 is 0. The lowest BCUT2D eigenvalue weighted by Gasteiger charge is -2.27. The summed E-state index contributed by atoms with van der Waals surface area (Å²) in [5.74, 6) is 1.16. The monoisotopic (exact) mass is 211 g/mol. The summed E-state index contributed by atoms with van der Waals surface area (Å²) in [5.41, 5.74) is 4.42. The first-order valence-corrected chi connectivity index (χ1v) is 5.77. The van der Waals surface area contributed by atoms with Crippen molar-refractivity contribution in [2.75, 3.05) is 0 Å². The van der Waals surface area contributed by atoms with Crippen molar-refractivity contribution in [3.8, 4) is 6.07 Å². The van der Waals surface area contributed by atoms with E-state index in [0.29, 0.717) is 6.61 Å². The number of allylic oxidation sites excluding steroid dienone is 2. The Hall–Kier alpha value is -1.75. The van der Waals surface area contributed by atoms with Gasteiger partial charge in [-0.05, 0) is 36.5 Å². The third-order valence-electron chi connectivity index (χ3n) is 3.43. The highest BCUT2D eigenvalue weighted by atomic mass is 16.5. The number of ether oxygens (including phenoxy) is 1. The van der Waals surface area contributed by atoms with Crippen LogP contribution >= 0.6 is 0 Å². The van der Waals surface area contributed by atoms with Crippen molar-refractivity contribution in [1.29, 1.82) is 5.26 Å². The first kappa shape index (κ1) is 9.47. The van der Waals surface area contributed by atoms with Crippen LogP contribution in [0.3, 0.4) is 0 Å². The van der Waals surface area contributed by atoms with Crippen LogP contribution < -0.4 is 0 Å². The molecule has 0 spiro atoms. The van der Waals surface area contributed by atoms with Crippen molar-refractivity contribution in [2.24, 2.45) is 0 Å². The molecule has 0 bridgehead atoms. The zero-order chi connectivity index (χ0) is 11.0. The molecule has 0 saturated carbocycles. The minimum Gasteiger partial charge on any atom is -0.493 e. The second-order valence-electron chi connectivity index (χ2n) is 4.34. The molecule has 1 heterocycles. The predicted octanol–water partition coefficient (Wildman–Crippen LogP) is 3.37. The van der Waals surface area contributed by atoms with Crippen molar-refractivity contribution in [2.45, 2.75) is 32.3 Å². The molecule has 2 heteroatoms. The minimum atomic E-state index is 0.567. The molecular formula is C14H13NO. The van der Waals surface area contributed by atoms with Crippen molar-refractivity contribution in [3.63, 3.8) is 0 Å². The van der Waals surface area contributed by atoms with Gasteiger partial charge in [-0.1, -0.05) is 12.1 Å². The summed E-state index contributed by atoms with van der Waals surface area (Å²) in [4.78, 5) is 0. The zero-order valence-electron chi connectivity index (χ0n) is 9.12. The van der Waals surface area contributed by atoms with Crippen LogP contribution in [0.15, 0.2) is 24.0 Å². The van der Waals surface area contributed by atoms with Gasteiger partial charge >= 0.3 is 0 Å². The molecule has 0 saturated heterocycles. The lowest BCUT2D eigenvalue weighted by Crippen LogP contribution is -2.12. The highest BCUT2D eigenvalue weighted by Gasteiger charge is 2.24. The Bertz CT molecular complexity index is 508. The van der Waals surface area contributed by atoms with Gasteiger partial charge in [0.2, 0.25) is 0 Å². The van der Waals surface area contributed by atoms with Crippen LogP contribution in [0.5, 0.6) is 0 Å². The molecule has 1 aromatic carbocycles. The summed E-state index contributed by atoms with van der Waals surface area (Å²) in [5, 5.41) is 9.07. The second-order valence-corrected chi connectivity index (χ2v) is 4.34. The fraction of sp³-hybridized carbons (Fsp3) is 0.357. The van der Waals surface area contributed by atoms with Crippen LogP contribution in [0, 0.1) is 11.3 Å². The molecule has 2 aliphatic rings. The Balaban J connectivity index is 2.18. The third kappa shape index (κ3) is 1.32. The third-order valence-corrected chi connectivity index (χ3v) is 3.43. The number of hydrogen-bond donors (Lipinski definition) is 0. The number of hydrogen-bond acceptors (Lipinski definition) is 2. The van der Waals surface area contributed by atoms with Gasteiger partial charge in [-0.3, -0.25) is 0 Å². The Morgan fingerprint density at radius 2 is 2.06 bits per heavy atom. The SMILES string of the molecule is N#Cc1cccc2c1COC1=C2CCCC1. The van der Waals surface area contributed by atoms with Gasteiger partial charge in [-0.25, -0.2) is 0 Å². The number of nitriles is 1.